The van der Waals surface area contributed by atoms with Crippen LogP contribution >= 0.6 is 0 Å². The molecule has 1 N–H and O–H groups in total. The van der Waals surface area contributed by atoms with Gasteiger partial charge < -0.3 is 13.9 Å². The van der Waals surface area contributed by atoms with Crippen molar-refractivity contribution < 1.29 is 23.5 Å². The minimum Gasteiger partial charge on any atom is -0.463 e. The molecule has 1 amide bonds. The summed E-state index contributed by atoms with van der Waals surface area (Å²) in [5.41, 5.74) is 0.227. The van der Waals surface area contributed by atoms with E-state index in [0.717, 1.165) is 0 Å². The first-order valence-corrected chi connectivity index (χ1v) is 5.14. The van der Waals surface area contributed by atoms with Gasteiger partial charge in [-0.25, -0.2) is 9.59 Å². The molecule has 94 valence electrons. The van der Waals surface area contributed by atoms with Crippen LogP contribution in [-0.2, 0) is 9.47 Å². The normalized spacial score (nSPS) is 10.1. The molecule has 1 aromatic heterocycles. The van der Waals surface area contributed by atoms with Gasteiger partial charge in [-0.1, -0.05) is 13.8 Å². The lowest BCUT2D eigenvalue weighted by molar-refractivity contribution is 0.0566. The third kappa shape index (κ3) is 3.82. The lowest BCUT2D eigenvalue weighted by atomic mass is 10.2. The molecule has 0 saturated carbocycles. The number of carbonyl (C=O) groups is 2. The number of amides is 1. The number of methoxy groups -OCH3 is 1. The number of furan rings is 1. The van der Waals surface area contributed by atoms with Crippen LogP contribution in [0.25, 0.3) is 0 Å². The smallest absolute Gasteiger partial charge is 0.411 e. The van der Waals surface area contributed by atoms with E-state index >= 15 is 0 Å². The Hall–Kier alpha value is -1.98. The highest BCUT2D eigenvalue weighted by molar-refractivity contribution is 5.97. The molecule has 0 bridgehead atoms. The van der Waals surface area contributed by atoms with Crippen LogP contribution < -0.4 is 5.32 Å². The van der Waals surface area contributed by atoms with E-state index in [4.69, 9.17) is 9.15 Å². The maximum Gasteiger partial charge on any atom is 0.411 e. The SMILES string of the molecule is COC(=O)c1occc1NC(=O)OCC(C)C. The summed E-state index contributed by atoms with van der Waals surface area (Å²) in [6.07, 6.45) is 0.648. The molecule has 0 aliphatic carbocycles. The molecule has 0 atom stereocenters. The van der Waals surface area contributed by atoms with Gasteiger partial charge in [0, 0.05) is 6.07 Å². The van der Waals surface area contributed by atoms with E-state index in [2.05, 4.69) is 10.1 Å². The molecule has 6 heteroatoms. The number of nitrogens with one attached hydrogen (secondary N) is 1. The van der Waals surface area contributed by atoms with Gasteiger partial charge in [-0.3, -0.25) is 5.32 Å². The number of esters is 1. The third-order valence-corrected chi connectivity index (χ3v) is 1.82. The van der Waals surface area contributed by atoms with Crippen LogP contribution in [0, 0.1) is 5.92 Å². The average Bonchev–Trinajstić information content (AvgIpc) is 2.73. The van der Waals surface area contributed by atoms with Gasteiger partial charge in [-0.15, -0.1) is 0 Å². The zero-order valence-corrected chi connectivity index (χ0v) is 9.98. The van der Waals surface area contributed by atoms with Crippen molar-refractivity contribution in [2.75, 3.05) is 19.0 Å². The predicted molar refractivity (Wildman–Crippen MR) is 59.9 cm³/mol. The van der Waals surface area contributed by atoms with Crippen LogP contribution in [0.3, 0.4) is 0 Å². The van der Waals surface area contributed by atoms with E-state index < -0.39 is 12.1 Å². The van der Waals surface area contributed by atoms with Gasteiger partial charge in [-0.05, 0) is 5.92 Å². The molecule has 1 rings (SSSR count). The van der Waals surface area contributed by atoms with Gasteiger partial charge in [0.25, 0.3) is 0 Å². The van der Waals surface area contributed by atoms with E-state index in [0.29, 0.717) is 6.61 Å². The molecule has 1 aromatic rings. The fraction of sp³-hybridized carbons (Fsp3) is 0.455. The Kier molecular flexibility index (Phi) is 4.56. The van der Waals surface area contributed by atoms with Crippen molar-refractivity contribution >= 4 is 17.7 Å². The number of ether oxygens (including phenoxy) is 2. The number of rotatable bonds is 4. The average molecular weight is 241 g/mol. The van der Waals surface area contributed by atoms with Crippen LogP contribution in [-0.4, -0.2) is 25.8 Å². The summed E-state index contributed by atoms with van der Waals surface area (Å²) in [6.45, 7) is 4.15. The van der Waals surface area contributed by atoms with E-state index in [9.17, 15) is 9.59 Å². The Morgan fingerprint density at radius 3 is 2.76 bits per heavy atom. The zero-order chi connectivity index (χ0) is 12.8. The van der Waals surface area contributed by atoms with Gasteiger partial charge in [0.1, 0.15) is 0 Å². The number of hydrogen-bond acceptors (Lipinski definition) is 5. The van der Waals surface area contributed by atoms with E-state index in [1.165, 1.54) is 19.4 Å². The highest BCUT2D eigenvalue weighted by Gasteiger charge is 2.18. The second-order valence-electron chi connectivity index (χ2n) is 3.77. The lowest BCUT2D eigenvalue weighted by Gasteiger charge is -2.08. The number of hydrogen-bond donors (Lipinski definition) is 1. The molecular formula is C11H15NO5. The van der Waals surface area contributed by atoms with E-state index in [1.807, 2.05) is 13.8 Å². The Labute approximate surface area is 98.9 Å². The van der Waals surface area contributed by atoms with Crippen LogP contribution in [0.2, 0.25) is 0 Å². The Morgan fingerprint density at radius 2 is 2.18 bits per heavy atom. The fourth-order valence-electron chi connectivity index (χ4n) is 1.05. The van der Waals surface area contributed by atoms with Gasteiger partial charge in [0.05, 0.1) is 25.7 Å². The predicted octanol–water partition coefficient (Wildman–Crippen LogP) is 2.27. The standard InChI is InChI=1S/C11H15NO5/c1-7(2)6-17-11(14)12-8-4-5-16-9(8)10(13)15-3/h4-5,7H,6H2,1-3H3,(H,12,14). The molecule has 0 aliphatic heterocycles. The zero-order valence-electron chi connectivity index (χ0n) is 9.98. The van der Waals surface area contributed by atoms with Gasteiger partial charge in [0.2, 0.25) is 5.76 Å². The third-order valence-electron chi connectivity index (χ3n) is 1.82. The van der Waals surface area contributed by atoms with Crippen molar-refractivity contribution in [2.45, 2.75) is 13.8 Å². The van der Waals surface area contributed by atoms with E-state index in [1.54, 1.807) is 0 Å². The molecule has 0 unspecified atom stereocenters. The molecule has 0 aromatic carbocycles. The second-order valence-corrected chi connectivity index (χ2v) is 3.77. The van der Waals surface area contributed by atoms with Crippen molar-refractivity contribution in [3.63, 3.8) is 0 Å². The largest absolute Gasteiger partial charge is 0.463 e. The van der Waals surface area contributed by atoms with Crippen LogP contribution in [0.4, 0.5) is 10.5 Å². The maximum absolute atomic E-state index is 11.4. The van der Waals surface area contributed by atoms with Crippen LogP contribution in [0.5, 0.6) is 0 Å². The summed E-state index contributed by atoms with van der Waals surface area (Å²) < 4.78 is 14.3. The summed E-state index contributed by atoms with van der Waals surface area (Å²) in [4.78, 5) is 22.6. The van der Waals surface area contributed by atoms with Crippen molar-refractivity contribution in [1.82, 2.24) is 0 Å². The Morgan fingerprint density at radius 1 is 1.47 bits per heavy atom. The molecular weight excluding hydrogens is 226 g/mol. The van der Waals surface area contributed by atoms with Crippen LogP contribution in [0.15, 0.2) is 16.7 Å². The van der Waals surface area contributed by atoms with Crippen molar-refractivity contribution in [2.24, 2.45) is 5.92 Å². The summed E-state index contributed by atoms with van der Waals surface area (Å²) in [5, 5.41) is 2.41. The molecule has 17 heavy (non-hydrogen) atoms. The van der Waals surface area contributed by atoms with E-state index in [-0.39, 0.29) is 17.4 Å². The van der Waals surface area contributed by atoms with Crippen molar-refractivity contribution in [3.05, 3.63) is 18.1 Å². The highest BCUT2D eigenvalue weighted by Crippen LogP contribution is 2.17. The second kappa shape index (κ2) is 5.93. The number of anilines is 1. The van der Waals surface area contributed by atoms with Crippen LogP contribution in [0.1, 0.15) is 24.4 Å². The monoisotopic (exact) mass is 241 g/mol. The molecule has 0 saturated heterocycles. The van der Waals surface area contributed by atoms with Gasteiger partial charge >= 0.3 is 12.1 Å². The summed E-state index contributed by atoms with van der Waals surface area (Å²) in [7, 11) is 1.23. The summed E-state index contributed by atoms with van der Waals surface area (Å²) in [5.74, 6) is -0.478. The topological polar surface area (TPSA) is 77.8 Å². The van der Waals surface area contributed by atoms with Crippen molar-refractivity contribution in [3.8, 4) is 0 Å². The minimum absolute atomic E-state index is 0.0611. The van der Waals surface area contributed by atoms with Crippen molar-refractivity contribution in [1.29, 1.82) is 0 Å². The molecule has 0 spiro atoms. The first-order valence-electron chi connectivity index (χ1n) is 5.14. The molecule has 0 radical (unpaired) electrons. The molecule has 0 fully saturated rings. The Balaban J connectivity index is 2.59. The van der Waals surface area contributed by atoms with Gasteiger partial charge in [-0.2, -0.15) is 0 Å². The number of carbonyl (C=O) groups excluding carboxylic acids is 2. The quantitative estimate of drug-likeness (QED) is 0.818. The molecule has 0 aliphatic rings. The first kappa shape index (κ1) is 13.1. The Bertz CT molecular complexity index is 396. The summed E-state index contributed by atoms with van der Waals surface area (Å²) >= 11 is 0. The summed E-state index contributed by atoms with van der Waals surface area (Å²) in [6, 6.07) is 1.45. The fourth-order valence-corrected chi connectivity index (χ4v) is 1.05. The lowest BCUT2D eigenvalue weighted by Crippen LogP contribution is -2.17. The molecule has 1 heterocycles. The minimum atomic E-state index is -0.658. The van der Waals surface area contributed by atoms with Gasteiger partial charge in [0.15, 0.2) is 0 Å². The maximum atomic E-state index is 11.4. The molecule has 6 nitrogen and oxygen atoms in total. The highest BCUT2D eigenvalue weighted by atomic mass is 16.6. The first-order chi connectivity index (χ1) is 8.04.